The molecule has 0 aliphatic carbocycles. The van der Waals surface area contributed by atoms with Crippen molar-refractivity contribution < 1.29 is 9.47 Å². The Labute approximate surface area is 109 Å². The maximum Gasteiger partial charge on any atom is 0.134 e. The van der Waals surface area contributed by atoms with E-state index in [1.807, 2.05) is 12.1 Å². The highest BCUT2D eigenvalue weighted by molar-refractivity contribution is 9.10. The topological polar surface area (TPSA) is 44.5 Å². The van der Waals surface area contributed by atoms with Gasteiger partial charge in [0.2, 0.25) is 0 Å². The van der Waals surface area contributed by atoms with Crippen LogP contribution in [0.15, 0.2) is 22.7 Å². The van der Waals surface area contributed by atoms with Crippen LogP contribution in [0, 0.1) is 0 Å². The van der Waals surface area contributed by atoms with Crippen molar-refractivity contribution in [3.05, 3.63) is 28.2 Å². The molecule has 0 amide bonds. The van der Waals surface area contributed by atoms with E-state index in [2.05, 4.69) is 22.0 Å². The molecule has 1 spiro atoms. The highest BCUT2D eigenvalue weighted by atomic mass is 79.9. The molecule has 2 aliphatic heterocycles. The fourth-order valence-corrected chi connectivity index (χ4v) is 3.13. The van der Waals surface area contributed by atoms with Crippen LogP contribution in [0.5, 0.6) is 5.75 Å². The van der Waals surface area contributed by atoms with Crippen molar-refractivity contribution in [2.24, 2.45) is 5.73 Å². The van der Waals surface area contributed by atoms with Gasteiger partial charge in [-0.3, -0.25) is 0 Å². The van der Waals surface area contributed by atoms with Crippen LogP contribution >= 0.6 is 15.9 Å². The van der Waals surface area contributed by atoms with Crippen LogP contribution in [0.3, 0.4) is 0 Å². The van der Waals surface area contributed by atoms with Gasteiger partial charge in [0, 0.05) is 29.1 Å². The maximum absolute atomic E-state index is 6.26. The van der Waals surface area contributed by atoms with E-state index in [-0.39, 0.29) is 11.6 Å². The molecule has 0 bridgehead atoms. The van der Waals surface area contributed by atoms with Gasteiger partial charge < -0.3 is 15.2 Å². The monoisotopic (exact) mass is 297 g/mol. The minimum Gasteiger partial charge on any atom is -0.484 e. The van der Waals surface area contributed by atoms with Crippen LogP contribution in [0.2, 0.25) is 0 Å². The van der Waals surface area contributed by atoms with E-state index >= 15 is 0 Å². The average Bonchev–Trinajstić information content (AvgIpc) is 2.31. The predicted molar refractivity (Wildman–Crippen MR) is 69.1 cm³/mol. The minimum absolute atomic E-state index is 0.0398. The number of benzene rings is 1. The zero-order valence-electron chi connectivity index (χ0n) is 9.62. The van der Waals surface area contributed by atoms with Gasteiger partial charge >= 0.3 is 0 Å². The van der Waals surface area contributed by atoms with Gasteiger partial charge in [0.25, 0.3) is 0 Å². The molecule has 1 aromatic rings. The van der Waals surface area contributed by atoms with Crippen molar-refractivity contribution in [3.63, 3.8) is 0 Å². The van der Waals surface area contributed by atoms with Gasteiger partial charge in [-0.15, -0.1) is 0 Å². The molecule has 0 aromatic heterocycles. The number of halogens is 1. The van der Waals surface area contributed by atoms with Gasteiger partial charge in [-0.2, -0.15) is 0 Å². The molecular formula is C13H16BrNO2. The molecular weight excluding hydrogens is 282 g/mol. The standard InChI is InChI=1S/C13H16BrNO2/c14-9-2-3-12-10(6-9)11(15)7-13(17-12)4-1-5-16-8-13/h2-3,6,11H,1,4-5,7-8,15H2/t11-,13-/m1/s1. The summed E-state index contributed by atoms with van der Waals surface area (Å²) >= 11 is 3.47. The molecule has 2 atom stereocenters. The predicted octanol–water partition coefficient (Wildman–Crippen LogP) is 2.78. The summed E-state index contributed by atoms with van der Waals surface area (Å²) in [6.45, 7) is 1.50. The maximum atomic E-state index is 6.26. The van der Waals surface area contributed by atoms with E-state index < -0.39 is 0 Å². The first-order chi connectivity index (χ1) is 8.19. The lowest BCUT2D eigenvalue weighted by atomic mass is 9.84. The normalized spacial score (nSPS) is 32.0. The van der Waals surface area contributed by atoms with Crippen molar-refractivity contribution in [1.82, 2.24) is 0 Å². The summed E-state index contributed by atoms with van der Waals surface area (Å²) in [6, 6.07) is 6.08. The highest BCUT2D eigenvalue weighted by Crippen LogP contribution is 2.42. The van der Waals surface area contributed by atoms with E-state index in [1.54, 1.807) is 0 Å². The van der Waals surface area contributed by atoms with Crippen molar-refractivity contribution in [2.45, 2.75) is 30.9 Å². The van der Waals surface area contributed by atoms with Crippen molar-refractivity contribution in [1.29, 1.82) is 0 Å². The third-order valence-corrected chi connectivity index (χ3v) is 4.07. The van der Waals surface area contributed by atoms with Gasteiger partial charge in [0.15, 0.2) is 0 Å². The number of hydrogen-bond acceptors (Lipinski definition) is 3. The summed E-state index contributed by atoms with van der Waals surface area (Å²) in [5, 5.41) is 0. The Morgan fingerprint density at radius 2 is 2.29 bits per heavy atom. The molecule has 1 saturated heterocycles. The summed E-state index contributed by atoms with van der Waals surface area (Å²) in [6.07, 6.45) is 2.94. The van der Waals surface area contributed by atoms with Crippen LogP contribution in [0.1, 0.15) is 30.9 Å². The summed E-state index contributed by atoms with van der Waals surface area (Å²) in [7, 11) is 0. The van der Waals surface area contributed by atoms with Crippen LogP contribution in [-0.2, 0) is 4.74 Å². The second-order valence-electron chi connectivity index (χ2n) is 4.93. The zero-order chi connectivity index (χ0) is 11.9. The molecule has 0 saturated carbocycles. The summed E-state index contributed by atoms with van der Waals surface area (Å²) < 4.78 is 12.8. The Hall–Kier alpha value is -0.580. The molecule has 4 heteroatoms. The van der Waals surface area contributed by atoms with Crippen molar-refractivity contribution in [3.8, 4) is 5.75 Å². The van der Waals surface area contributed by atoms with Crippen LogP contribution in [-0.4, -0.2) is 18.8 Å². The van der Waals surface area contributed by atoms with E-state index in [1.165, 1.54) is 0 Å². The van der Waals surface area contributed by atoms with Crippen LogP contribution < -0.4 is 10.5 Å². The average molecular weight is 298 g/mol. The molecule has 0 radical (unpaired) electrons. The quantitative estimate of drug-likeness (QED) is 0.801. The Morgan fingerprint density at radius 3 is 3.06 bits per heavy atom. The van der Waals surface area contributed by atoms with E-state index in [9.17, 15) is 0 Å². The first kappa shape index (κ1) is 11.5. The van der Waals surface area contributed by atoms with E-state index in [4.69, 9.17) is 15.2 Å². The SMILES string of the molecule is N[C@@H]1C[C@@]2(CCCOC2)Oc2ccc(Br)cc21. The molecule has 92 valence electrons. The number of rotatable bonds is 0. The molecule has 1 aromatic carbocycles. The number of nitrogens with two attached hydrogens (primary N) is 1. The van der Waals surface area contributed by atoms with Gasteiger partial charge in [0.05, 0.1) is 6.61 Å². The lowest BCUT2D eigenvalue weighted by molar-refractivity contribution is -0.0833. The Balaban J connectivity index is 1.94. The molecule has 3 rings (SSSR count). The molecule has 0 unspecified atom stereocenters. The molecule has 2 aliphatic rings. The van der Waals surface area contributed by atoms with Gasteiger partial charge in [-0.1, -0.05) is 15.9 Å². The molecule has 1 fully saturated rings. The van der Waals surface area contributed by atoms with Gasteiger partial charge in [-0.25, -0.2) is 0 Å². The summed E-state index contributed by atoms with van der Waals surface area (Å²) in [5.74, 6) is 0.914. The molecule has 3 nitrogen and oxygen atoms in total. The fourth-order valence-electron chi connectivity index (χ4n) is 2.76. The van der Waals surface area contributed by atoms with Gasteiger partial charge in [-0.05, 0) is 31.0 Å². The minimum atomic E-state index is -0.196. The number of fused-ring (bicyclic) bond motifs is 1. The molecule has 2 heterocycles. The highest BCUT2D eigenvalue weighted by Gasteiger charge is 2.41. The molecule has 2 N–H and O–H groups in total. The Morgan fingerprint density at radius 1 is 1.41 bits per heavy atom. The van der Waals surface area contributed by atoms with Crippen molar-refractivity contribution >= 4 is 15.9 Å². The summed E-state index contributed by atoms with van der Waals surface area (Å²) in [5.41, 5.74) is 7.16. The van der Waals surface area contributed by atoms with E-state index in [0.717, 1.165) is 41.7 Å². The Bertz CT molecular complexity index is 429. The fraction of sp³-hybridized carbons (Fsp3) is 0.538. The summed E-state index contributed by atoms with van der Waals surface area (Å²) in [4.78, 5) is 0. The lowest BCUT2D eigenvalue weighted by Crippen LogP contribution is -2.49. The molecule has 17 heavy (non-hydrogen) atoms. The van der Waals surface area contributed by atoms with E-state index in [0.29, 0.717) is 6.61 Å². The third-order valence-electron chi connectivity index (χ3n) is 3.58. The second kappa shape index (κ2) is 4.26. The zero-order valence-corrected chi connectivity index (χ0v) is 11.2. The third kappa shape index (κ3) is 2.09. The van der Waals surface area contributed by atoms with Crippen LogP contribution in [0.25, 0.3) is 0 Å². The first-order valence-electron chi connectivity index (χ1n) is 6.00. The Kier molecular flexibility index (Phi) is 2.89. The largest absolute Gasteiger partial charge is 0.484 e. The van der Waals surface area contributed by atoms with Crippen molar-refractivity contribution in [2.75, 3.05) is 13.2 Å². The smallest absolute Gasteiger partial charge is 0.134 e. The first-order valence-corrected chi connectivity index (χ1v) is 6.80. The second-order valence-corrected chi connectivity index (χ2v) is 5.85. The van der Waals surface area contributed by atoms with Crippen LogP contribution in [0.4, 0.5) is 0 Å². The lowest BCUT2D eigenvalue weighted by Gasteiger charge is -2.43. The van der Waals surface area contributed by atoms with Gasteiger partial charge in [0.1, 0.15) is 11.4 Å². The number of ether oxygens (including phenoxy) is 2. The number of hydrogen-bond donors (Lipinski definition) is 1.